The van der Waals surface area contributed by atoms with Crippen LogP contribution in [0.4, 0.5) is 5.69 Å². The van der Waals surface area contributed by atoms with Crippen LogP contribution in [0.1, 0.15) is 24.5 Å². The van der Waals surface area contributed by atoms with Gasteiger partial charge >= 0.3 is 0 Å². The minimum atomic E-state index is -0.108. The molecule has 0 unspecified atom stereocenters. The number of carbonyl (C=O) groups excluding carboxylic acids is 2. The summed E-state index contributed by atoms with van der Waals surface area (Å²) in [5.74, 6) is -0.112. The van der Waals surface area contributed by atoms with Gasteiger partial charge in [0.1, 0.15) is 0 Å². The van der Waals surface area contributed by atoms with Crippen molar-refractivity contribution in [1.29, 1.82) is 0 Å². The van der Waals surface area contributed by atoms with Crippen LogP contribution in [0.15, 0.2) is 48.5 Å². The van der Waals surface area contributed by atoms with Crippen LogP contribution in [0.3, 0.4) is 0 Å². The smallest absolute Gasteiger partial charge is 0.224 e. The molecular weight excluding hydrogens is 336 g/mol. The first-order valence-electron chi connectivity index (χ1n) is 8.21. The van der Waals surface area contributed by atoms with Gasteiger partial charge in [0.05, 0.1) is 0 Å². The molecule has 2 aromatic carbocycles. The van der Waals surface area contributed by atoms with Gasteiger partial charge in [0.25, 0.3) is 0 Å². The summed E-state index contributed by atoms with van der Waals surface area (Å²) in [4.78, 5) is 27.7. The fourth-order valence-electron chi connectivity index (χ4n) is 2.68. The van der Waals surface area contributed by atoms with E-state index in [1.54, 1.807) is 22.9 Å². The summed E-state index contributed by atoms with van der Waals surface area (Å²) in [6.45, 7) is 4.25. The highest BCUT2D eigenvalue weighted by molar-refractivity contribution is 6.31. The first-order chi connectivity index (χ1) is 11.9. The van der Waals surface area contributed by atoms with Gasteiger partial charge in [0.15, 0.2) is 0 Å². The number of amides is 2. The molecule has 0 saturated carbocycles. The van der Waals surface area contributed by atoms with E-state index in [1.807, 2.05) is 49.4 Å². The predicted molar refractivity (Wildman–Crippen MR) is 102 cm³/mol. The van der Waals surface area contributed by atoms with E-state index in [-0.39, 0.29) is 18.2 Å². The van der Waals surface area contributed by atoms with Gasteiger partial charge in [-0.1, -0.05) is 48.0 Å². The quantitative estimate of drug-likeness (QED) is 0.781. The van der Waals surface area contributed by atoms with Crippen molar-refractivity contribution in [1.82, 2.24) is 4.90 Å². The van der Waals surface area contributed by atoms with Gasteiger partial charge in [-0.05, 0) is 30.2 Å². The van der Waals surface area contributed by atoms with Crippen molar-refractivity contribution in [2.75, 3.05) is 18.5 Å². The topological polar surface area (TPSA) is 40.6 Å². The Bertz CT molecular complexity index is 747. The minimum Gasteiger partial charge on any atom is -0.341 e. The van der Waals surface area contributed by atoms with Crippen molar-refractivity contribution >= 4 is 29.1 Å². The highest BCUT2D eigenvalue weighted by atomic mass is 35.5. The van der Waals surface area contributed by atoms with Gasteiger partial charge in [-0.15, -0.1) is 0 Å². The standard InChI is InChI=1S/C20H23ClN2O2/c1-15-18(21)10-7-11-19(15)23(16(2)24)13-12-20(25)22(3)14-17-8-5-4-6-9-17/h4-11H,12-14H2,1-3H3. The molecule has 0 heterocycles. The lowest BCUT2D eigenvalue weighted by Gasteiger charge is -2.25. The molecular formula is C20H23ClN2O2. The largest absolute Gasteiger partial charge is 0.341 e. The molecule has 2 aromatic rings. The monoisotopic (exact) mass is 358 g/mol. The second-order valence-electron chi connectivity index (χ2n) is 6.04. The lowest BCUT2D eigenvalue weighted by atomic mass is 10.1. The summed E-state index contributed by atoms with van der Waals surface area (Å²) >= 11 is 6.15. The molecule has 132 valence electrons. The first-order valence-corrected chi connectivity index (χ1v) is 8.59. The van der Waals surface area contributed by atoms with E-state index in [2.05, 4.69) is 0 Å². The van der Waals surface area contributed by atoms with Crippen LogP contribution in [0, 0.1) is 6.92 Å². The van der Waals surface area contributed by atoms with E-state index in [9.17, 15) is 9.59 Å². The number of carbonyl (C=O) groups is 2. The molecule has 4 nitrogen and oxygen atoms in total. The summed E-state index contributed by atoms with van der Waals surface area (Å²) in [5, 5.41) is 0.608. The molecule has 2 rings (SSSR count). The number of hydrogen-bond donors (Lipinski definition) is 0. The van der Waals surface area contributed by atoms with Crippen molar-refractivity contribution in [2.45, 2.75) is 26.8 Å². The van der Waals surface area contributed by atoms with Crippen LogP contribution in [-0.2, 0) is 16.1 Å². The van der Waals surface area contributed by atoms with Gasteiger partial charge < -0.3 is 9.80 Å². The minimum absolute atomic E-state index is 0.00483. The van der Waals surface area contributed by atoms with Gasteiger partial charge in [0, 0.05) is 44.2 Å². The van der Waals surface area contributed by atoms with Crippen LogP contribution < -0.4 is 4.90 Å². The Kier molecular flexibility index (Phi) is 6.59. The summed E-state index contributed by atoms with van der Waals surface area (Å²) < 4.78 is 0. The number of hydrogen-bond acceptors (Lipinski definition) is 2. The van der Waals surface area contributed by atoms with Crippen LogP contribution in [0.2, 0.25) is 5.02 Å². The Labute approximate surface area is 154 Å². The number of halogens is 1. The Morgan fingerprint density at radius 2 is 1.72 bits per heavy atom. The molecule has 0 aliphatic heterocycles. The highest BCUT2D eigenvalue weighted by Gasteiger charge is 2.18. The van der Waals surface area contributed by atoms with E-state index >= 15 is 0 Å². The molecule has 0 fully saturated rings. The summed E-state index contributed by atoms with van der Waals surface area (Å²) in [7, 11) is 1.78. The third-order valence-electron chi connectivity index (χ3n) is 4.15. The van der Waals surface area contributed by atoms with Crippen molar-refractivity contribution in [3.63, 3.8) is 0 Å². The molecule has 0 saturated heterocycles. The second-order valence-corrected chi connectivity index (χ2v) is 6.45. The number of nitrogens with zero attached hydrogens (tertiary/aromatic N) is 2. The maximum atomic E-state index is 12.4. The Balaban J connectivity index is 2.02. The van der Waals surface area contributed by atoms with Gasteiger partial charge in [0.2, 0.25) is 11.8 Å². The van der Waals surface area contributed by atoms with Crippen molar-refractivity contribution < 1.29 is 9.59 Å². The highest BCUT2D eigenvalue weighted by Crippen LogP contribution is 2.26. The zero-order valence-corrected chi connectivity index (χ0v) is 15.6. The van der Waals surface area contributed by atoms with E-state index in [4.69, 9.17) is 11.6 Å². The molecule has 2 amide bonds. The van der Waals surface area contributed by atoms with Crippen LogP contribution >= 0.6 is 11.6 Å². The lowest BCUT2D eigenvalue weighted by Crippen LogP contribution is -2.35. The normalized spacial score (nSPS) is 10.4. The average molecular weight is 359 g/mol. The molecule has 0 bridgehead atoms. The third-order valence-corrected chi connectivity index (χ3v) is 4.56. The van der Waals surface area contributed by atoms with Gasteiger partial charge in [-0.3, -0.25) is 9.59 Å². The second kappa shape index (κ2) is 8.67. The van der Waals surface area contributed by atoms with E-state index in [0.29, 0.717) is 18.1 Å². The lowest BCUT2D eigenvalue weighted by molar-refractivity contribution is -0.130. The third kappa shape index (κ3) is 5.07. The Morgan fingerprint density at radius 1 is 1.04 bits per heavy atom. The first kappa shape index (κ1) is 19.0. The van der Waals surface area contributed by atoms with Crippen LogP contribution in [0.25, 0.3) is 0 Å². The van der Waals surface area contributed by atoms with Crippen molar-refractivity contribution in [3.05, 3.63) is 64.7 Å². The molecule has 25 heavy (non-hydrogen) atoms. The number of rotatable bonds is 6. The molecule has 0 spiro atoms. The fraction of sp³-hybridized carbons (Fsp3) is 0.300. The summed E-state index contributed by atoms with van der Waals surface area (Å²) in [6, 6.07) is 15.3. The van der Waals surface area contributed by atoms with Gasteiger partial charge in [-0.2, -0.15) is 0 Å². The van der Waals surface area contributed by atoms with Crippen molar-refractivity contribution in [3.8, 4) is 0 Å². The summed E-state index contributed by atoms with van der Waals surface area (Å²) in [5.41, 5.74) is 2.66. The molecule has 0 aliphatic rings. The summed E-state index contributed by atoms with van der Waals surface area (Å²) in [6.07, 6.45) is 0.259. The van der Waals surface area contributed by atoms with E-state index in [0.717, 1.165) is 16.8 Å². The maximum Gasteiger partial charge on any atom is 0.224 e. The average Bonchev–Trinajstić information content (AvgIpc) is 2.59. The molecule has 0 aliphatic carbocycles. The molecule has 0 aromatic heterocycles. The zero-order chi connectivity index (χ0) is 18.4. The number of anilines is 1. The van der Waals surface area contributed by atoms with Crippen molar-refractivity contribution in [2.24, 2.45) is 0 Å². The zero-order valence-electron chi connectivity index (χ0n) is 14.8. The van der Waals surface area contributed by atoms with Crippen LogP contribution in [0.5, 0.6) is 0 Å². The molecule has 0 atom stereocenters. The molecule has 0 radical (unpaired) electrons. The Morgan fingerprint density at radius 3 is 2.36 bits per heavy atom. The predicted octanol–water partition coefficient (Wildman–Crippen LogP) is 4.05. The Hall–Kier alpha value is -2.33. The fourth-order valence-corrected chi connectivity index (χ4v) is 2.85. The van der Waals surface area contributed by atoms with Crippen LogP contribution in [-0.4, -0.2) is 30.3 Å². The van der Waals surface area contributed by atoms with E-state index in [1.165, 1.54) is 6.92 Å². The molecule has 0 N–H and O–H groups in total. The van der Waals surface area contributed by atoms with E-state index < -0.39 is 0 Å². The SMILES string of the molecule is CC(=O)N(CCC(=O)N(C)Cc1ccccc1)c1cccc(Cl)c1C. The molecule has 5 heteroatoms. The van der Waals surface area contributed by atoms with Gasteiger partial charge in [-0.25, -0.2) is 0 Å². The maximum absolute atomic E-state index is 12.4. The number of benzene rings is 2.